The van der Waals surface area contributed by atoms with E-state index in [0.29, 0.717) is 6.04 Å². The smallest absolute Gasteiger partial charge is 0.103 e. The van der Waals surface area contributed by atoms with Crippen LogP contribution in [0.1, 0.15) is 13.8 Å². The predicted octanol–water partition coefficient (Wildman–Crippen LogP) is 0.306. The van der Waals surface area contributed by atoms with Gasteiger partial charge in [0.15, 0.2) is 0 Å². The van der Waals surface area contributed by atoms with Crippen LogP contribution in [0.15, 0.2) is 12.2 Å². The highest BCUT2D eigenvalue weighted by molar-refractivity contribution is 5.08. The topological polar surface area (TPSA) is 36.1 Å². The first kappa shape index (κ1) is 11.6. The van der Waals surface area contributed by atoms with Crippen molar-refractivity contribution in [3.05, 3.63) is 12.2 Å². The molecule has 0 aliphatic heterocycles. The van der Waals surface area contributed by atoms with Crippen LogP contribution >= 0.6 is 0 Å². The Morgan fingerprint density at radius 1 is 1.17 bits per heavy atom. The van der Waals surface area contributed by atoms with Gasteiger partial charge in [0.25, 0.3) is 0 Å². The minimum absolute atomic E-state index is 0.149. The molecule has 0 saturated heterocycles. The van der Waals surface area contributed by atoms with Crippen LogP contribution in [0.25, 0.3) is 0 Å². The summed E-state index contributed by atoms with van der Waals surface area (Å²) in [7, 11) is 5.85. The van der Waals surface area contributed by atoms with Crippen molar-refractivity contribution in [3.63, 3.8) is 0 Å². The Morgan fingerprint density at radius 3 is 1.92 bits per heavy atom. The molecule has 3 nitrogen and oxygen atoms in total. The van der Waals surface area contributed by atoms with Gasteiger partial charge in [-0.25, -0.2) is 0 Å². The van der Waals surface area contributed by atoms with Crippen LogP contribution in [0.5, 0.6) is 0 Å². The SMILES string of the molecule is CC=CC(NC)(NC)C(C)NC. The van der Waals surface area contributed by atoms with E-state index in [-0.39, 0.29) is 5.66 Å². The molecule has 12 heavy (non-hydrogen) atoms. The summed E-state index contributed by atoms with van der Waals surface area (Å²) in [6, 6.07) is 0.337. The monoisotopic (exact) mass is 171 g/mol. The minimum Gasteiger partial charge on any atom is -0.314 e. The Morgan fingerprint density at radius 2 is 1.67 bits per heavy atom. The molecule has 0 bridgehead atoms. The van der Waals surface area contributed by atoms with Gasteiger partial charge in [-0.2, -0.15) is 0 Å². The van der Waals surface area contributed by atoms with Crippen molar-refractivity contribution in [3.8, 4) is 0 Å². The Hall–Kier alpha value is -0.380. The lowest BCUT2D eigenvalue weighted by Crippen LogP contribution is -2.63. The van der Waals surface area contributed by atoms with E-state index >= 15 is 0 Å². The second-order valence-electron chi connectivity index (χ2n) is 2.88. The average Bonchev–Trinajstić information content (AvgIpc) is 2.13. The molecule has 0 spiro atoms. The lowest BCUT2D eigenvalue weighted by Gasteiger charge is -2.36. The molecule has 0 saturated carbocycles. The van der Waals surface area contributed by atoms with Crippen molar-refractivity contribution in [1.29, 1.82) is 0 Å². The molecule has 0 rings (SSSR count). The standard InChI is InChI=1S/C9H21N3/c1-6-7-9(11-4,12-5)8(2)10-3/h6-8,10-12H,1-5H3. The molecule has 0 aromatic heterocycles. The van der Waals surface area contributed by atoms with Crippen LogP contribution < -0.4 is 16.0 Å². The Balaban J connectivity index is 4.55. The molecule has 0 aromatic carbocycles. The van der Waals surface area contributed by atoms with E-state index in [1.807, 2.05) is 34.1 Å². The van der Waals surface area contributed by atoms with Crippen molar-refractivity contribution in [2.75, 3.05) is 21.1 Å². The fraction of sp³-hybridized carbons (Fsp3) is 0.778. The molecular formula is C9H21N3. The highest BCUT2D eigenvalue weighted by Crippen LogP contribution is 2.07. The zero-order valence-electron chi connectivity index (χ0n) is 8.73. The number of rotatable bonds is 5. The van der Waals surface area contributed by atoms with E-state index in [0.717, 1.165) is 0 Å². The molecule has 1 atom stereocenters. The van der Waals surface area contributed by atoms with Gasteiger partial charge in [0.1, 0.15) is 5.66 Å². The van der Waals surface area contributed by atoms with Gasteiger partial charge in [0.2, 0.25) is 0 Å². The zero-order valence-corrected chi connectivity index (χ0v) is 8.73. The summed E-state index contributed by atoms with van der Waals surface area (Å²) in [5, 5.41) is 9.73. The second kappa shape index (κ2) is 5.30. The average molecular weight is 171 g/mol. The summed E-state index contributed by atoms with van der Waals surface area (Å²) >= 11 is 0. The number of nitrogens with one attached hydrogen (secondary N) is 3. The van der Waals surface area contributed by atoms with Crippen molar-refractivity contribution in [2.45, 2.75) is 25.6 Å². The number of likely N-dealkylation sites (N-methyl/N-ethyl adjacent to an activating group) is 3. The molecular weight excluding hydrogens is 150 g/mol. The first-order chi connectivity index (χ1) is 5.66. The molecule has 3 heteroatoms. The molecule has 3 N–H and O–H groups in total. The first-order valence-corrected chi connectivity index (χ1v) is 4.35. The maximum Gasteiger partial charge on any atom is 0.103 e. The van der Waals surface area contributed by atoms with Crippen LogP contribution in [-0.4, -0.2) is 32.8 Å². The van der Waals surface area contributed by atoms with Crippen LogP contribution in [0.4, 0.5) is 0 Å². The molecule has 0 aliphatic carbocycles. The van der Waals surface area contributed by atoms with Gasteiger partial charge < -0.3 is 5.32 Å². The van der Waals surface area contributed by atoms with Crippen LogP contribution in [0.3, 0.4) is 0 Å². The molecule has 1 unspecified atom stereocenters. The van der Waals surface area contributed by atoms with Crippen LogP contribution in [-0.2, 0) is 0 Å². The van der Waals surface area contributed by atoms with Crippen molar-refractivity contribution < 1.29 is 0 Å². The maximum atomic E-state index is 3.26. The van der Waals surface area contributed by atoms with E-state index in [4.69, 9.17) is 0 Å². The summed E-state index contributed by atoms with van der Waals surface area (Å²) in [5.74, 6) is 0. The summed E-state index contributed by atoms with van der Waals surface area (Å²) in [6.07, 6.45) is 4.16. The summed E-state index contributed by atoms with van der Waals surface area (Å²) in [5.41, 5.74) is -0.149. The van der Waals surface area contributed by atoms with Gasteiger partial charge in [-0.1, -0.05) is 12.2 Å². The highest BCUT2D eigenvalue weighted by Gasteiger charge is 2.28. The number of hydrogen-bond donors (Lipinski definition) is 3. The molecule has 0 fully saturated rings. The predicted molar refractivity (Wildman–Crippen MR) is 54.2 cm³/mol. The molecule has 0 amide bonds. The zero-order chi connectivity index (χ0) is 9.61. The lowest BCUT2D eigenvalue weighted by molar-refractivity contribution is 0.290. The van der Waals surface area contributed by atoms with E-state index in [1.165, 1.54) is 0 Å². The van der Waals surface area contributed by atoms with Gasteiger partial charge in [-0.3, -0.25) is 10.6 Å². The van der Waals surface area contributed by atoms with Gasteiger partial charge in [0, 0.05) is 6.04 Å². The van der Waals surface area contributed by atoms with E-state index < -0.39 is 0 Å². The summed E-state index contributed by atoms with van der Waals surface area (Å²) < 4.78 is 0. The van der Waals surface area contributed by atoms with Crippen molar-refractivity contribution >= 4 is 0 Å². The van der Waals surface area contributed by atoms with E-state index in [1.54, 1.807) is 0 Å². The van der Waals surface area contributed by atoms with Crippen LogP contribution in [0, 0.1) is 0 Å². The molecule has 0 aromatic rings. The Bertz CT molecular complexity index is 139. The first-order valence-electron chi connectivity index (χ1n) is 4.35. The largest absolute Gasteiger partial charge is 0.314 e. The third-order valence-electron chi connectivity index (χ3n) is 2.37. The summed E-state index contributed by atoms with van der Waals surface area (Å²) in [6.45, 7) is 4.15. The van der Waals surface area contributed by atoms with Crippen LogP contribution in [0.2, 0.25) is 0 Å². The van der Waals surface area contributed by atoms with E-state index in [2.05, 4.69) is 29.0 Å². The normalized spacial score (nSPS) is 15.4. The Kier molecular flexibility index (Phi) is 5.13. The number of allylic oxidation sites excluding steroid dienone is 1. The third-order valence-corrected chi connectivity index (χ3v) is 2.37. The quantitative estimate of drug-likeness (QED) is 0.411. The molecule has 0 heterocycles. The summed E-state index contributed by atoms with van der Waals surface area (Å²) in [4.78, 5) is 0. The Labute approximate surface area is 75.6 Å². The lowest BCUT2D eigenvalue weighted by atomic mass is 10.0. The minimum atomic E-state index is -0.149. The highest BCUT2D eigenvalue weighted by atomic mass is 15.2. The van der Waals surface area contributed by atoms with Gasteiger partial charge >= 0.3 is 0 Å². The number of hydrogen-bond acceptors (Lipinski definition) is 3. The molecule has 0 aliphatic rings. The fourth-order valence-electron chi connectivity index (χ4n) is 1.36. The van der Waals surface area contributed by atoms with Crippen molar-refractivity contribution in [1.82, 2.24) is 16.0 Å². The maximum absolute atomic E-state index is 3.26. The van der Waals surface area contributed by atoms with Gasteiger partial charge in [-0.05, 0) is 35.0 Å². The third kappa shape index (κ3) is 2.30. The van der Waals surface area contributed by atoms with Gasteiger partial charge in [-0.15, -0.1) is 0 Å². The second-order valence-corrected chi connectivity index (χ2v) is 2.88. The van der Waals surface area contributed by atoms with Crippen molar-refractivity contribution in [2.24, 2.45) is 0 Å². The molecule has 72 valence electrons. The van der Waals surface area contributed by atoms with Gasteiger partial charge in [0.05, 0.1) is 0 Å². The fourth-order valence-corrected chi connectivity index (χ4v) is 1.36. The molecule has 0 radical (unpaired) electrons. The van der Waals surface area contributed by atoms with E-state index in [9.17, 15) is 0 Å².